The maximum absolute atomic E-state index is 6.30. The zero-order valence-electron chi connectivity index (χ0n) is 15.2. The molecule has 0 bridgehead atoms. The smallest absolute Gasteiger partial charge is 0.130 e. The number of benzene rings is 2. The van der Waals surface area contributed by atoms with Gasteiger partial charge in [-0.3, -0.25) is 0 Å². The summed E-state index contributed by atoms with van der Waals surface area (Å²) in [5, 5.41) is 0.634. The van der Waals surface area contributed by atoms with E-state index in [0.717, 1.165) is 32.9 Å². The second-order valence-corrected chi connectivity index (χ2v) is 7.27. The van der Waals surface area contributed by atoms with Gasteiger partial charge >= 0.3 is 0 Å². The lowest BCUT2D eigenvalue weighted by Crippen LogP contribution is -2.23. The second kappa shape index (κ2) is 9.11. The second-order valence-electron chi connectivity index (χ2n) is 6.01. The van der Waals surface area contributed by atoms with Crippen LogP contribution in [-0.2, 0) is 13.1 Å². The third kappa shape index (κ3) is 5.15. The minimum atomic E-state index is 0.634. The number of rotatable bonds is 7. The van der Waals surface area contributed by atoms with E-state index >= 15 is 0 Å². The lowest BCUT2D eigenvalue weighted by molar-refractivity contribution is 0.414. The molecule has 0 radical (unpaired) electrons. The summed E-state index contributed by atoms with van der Waals surface area (Å²) in [7, 11) is 3.33. The normalized spacial score (nSPS) is 10.5. The number of anilines is 1. The van der Waals surface area contributed by atoms with Crippen molar-refractivity contribution < 1.29 is 9.47 Å². The van der Waals surface area contributed by atoms with Gasteiger partial charge < -0.3 is 14.4 Å². The van der Waals surface area contributed by atoms with Crippen molar-refractivity contribution >= 4 is 33.3 Å². The zero-order chi connectivity index (χ0) is 19.2. The summed E-state index contributed by atoms with van der Waals surface area (Å²) in [6.45, 7) is 1.39. The van der Waals surface area contributed by atoms with Crippen molar-refractivity contribution in [1.29, 1.82) is 0 Å². The molecule has 0 fully saturated rings. The molecule has 6 heteroatoms. The van der Waals surface area contributed by atoms with Gasteiger partial charge in [-0.15, -0.1) is 0 Å². The van der Waals surface area contributed by atoms with E-state index in [0.29, 0.717) is 18.1 Å². The highest BCUT2D eigenvalue weighted by Gasteiger charge is 2.12. The Labute approximate surface area is 172 Å². The minimum absolute atomic E-state index is 0.634. The molecule has 0 aliphatic carbocycles. The van der Waals surface area contributed by atoms with Crippen LogP contribution in [-0.4, -0.2) is 19.2 Å². The molecule has 4 nitrogen and oxygen atoms in total. The van der Waals surface area contributed by atoms with Gasteiger partial charge in [0, 0.05) is 25.4 Å². The molecule has 1 aromatic heterocycles. The number of ether oxygens (including phenoxy) is 2. The van der Waals surface area contributed by atoms with Crippen molar-refractivity contribution in [2.45, 2.75) is 13.1 Å². The first-order chi connectivity index (χ1) is 13.1. The van der Waals surface area contributed by atoms with Crippen LogP contribution in [0.2, 0.25) is 5.02 Å². The molecule has 3 rings (SSSR count). The number of pyridine rings is 1. The Morgan fingerprint density at radius 1 is 0.889 bits per heavy atom. The molecule has 0 unspecified atom stereocenters. The van der Waals surface area contributed by atoms with Gasteiger partial charge in [-0.1, -0.05) is 35.9 Å². The molecule has 0 aliphatic heterocycles. The van der Waals surface area contributed by atoms with Crippen molar-refractivity contribution in [1.82, 2.24) is 4.98 Å². The minimum Gasteiger partial charge on any atom is -0.497 e. The van der Waals surface area contributed by atoms with E-state index in [9.17, 15) is 0 Å². The molecular formula is C21H20BrClN2O2. The Morgan fingerprint density at radius 2 is 1.37 bits per heavy atom. The number of nitrogens with zero attached hydrogens (tertiary/aromatic N) is 2. The van der Waals surface area contributed by atoms with Gasteiger partial charge in [-0.05, 0) is 51.3 Å². The third-order valence-corrected chi connectivity index (χ3v) is 5.36. The Hall–Kier alpha value is -2.24. The Kier molecular flexibility index (Phi) is 6.58. The molecule has 0 saturated heterocycles. The average molecular weight is 448 g/mol. The van der Waals surface area contributed by atoms with E-state index in [1.54, 1.807) is 20.4 Å². The van der Waals surface area contributed by atoms with Crippen LogP contribution < -0.4 is 14.4 Å². The monoisotopic (exact) mass is 446 g/mol. The predicted molar refractivity (Wildman–Crippen MR) is 113 cm³/mol. The Bertz CT molecular complexity index is 836. The van der Waals surface area contributed by atoms with Gasteiger partial charge in [0.05, 0.1) is 23.7 Å². The van der Waals surface area contributed by atoms with Crippen molar-refractivity contribution in [3.8, 4) is 11.5 Å². The molecule has 140 valence electrons. The maximum Gasteiger partial charge on any atom is 0.130 e. The molecular weight excluding hydrogens is 428 g/mol. The summed E-state index contributed by atoms with van der Waals surface area (Å²) < 4.78 is 11.3. The van der Waals surface area contributed by atoms with E-state index in [2.05, 4.69) is 50.1 Å². The molecule has 3 aromatic rings. The fraction of sp³-hybridized carbons (Fsp3) is 0.190. The van der Waals surface area contributed by atoms with Gasteiger partial charge in [-0.2, -0.15) is 0 Å². The Balaban J connectivity index is 1.87. The van der Waals surface area contributed by atoms with Crippen molar-refractivity contribution in [3.05, 3.63) is 81.4 Å². The quantitative estimate of drug-likeness (QED) is 0.464. The largest absolute Gasteiger partial charge is 0.497 e. The summed E-state index contributed by atoms with van der Waals surface area (Å²) >= 11 is 9.70. The van der Waals surface area contributed by atoms with Crippen molar-refractivity contribution in [2.24, 2.45) is 0 Å². The van der Waals surface area contributed by atoms with Crippen LogP contribution in [0.3, 0.4) is 0 Å². The number of methoxy groups -OCH3 is 2. The summed E-state index contributed by atoms with van der Waals surface area (Å²) in [4.78, 5) is 6.73. The first-order valence-electron chi connectivity index (χ1n) is 8.41. The van der Waals surface area contributed by atoms with Crippen molar-refractivity contribution in [2.75, 3.05) is 19.1 Å². The summed E-state index contributed by atoms with van der Waals surface area (Å²) in [6.07, 6.45) is 1.73. The number of hydrogen-bond donors (Lipinski definition) is 0. The summed E-state index contributed by atoms with van der Waals surface area (Å²) in [5.41, 5.74) is 2.32. The van der Waals surface area contributed by atoms with Gasteiger partial charge in [-0.25, -0.2) is 4.98 Å². The highest BCUT2D eigenvalue weighted by molar-refractivity contribution is 9.10. The molecule has 0 atom stereocenters. The molecule has 2 aromatic carbocycles. The zero-order valence-corrected chi connectivity index (χ0v) is 17.5. The van der Waals surface area contributed by atoms with Crippen molar-refractivity contribution in [3.63, 3.8) is 0 Å². The van der Waals surface area contributed by atoms with E-state index in [1.807, 2.05) is 30.3 Å². The van der Waals surface area contributed by atoms with E-state index in [-0.39, 0.29) is 0 Å². The van der Waals surface area contributed by atoms with E-state index < -0.39 is 0 Å². The molecule has 0 amide bonds. The number of aromatic nitrogens is 1. The third-order valence-electron chi connectivity index (χ3n) is 4.18. The summed E-state index contributed by atoms with van der Waals surface area (Å²) in [6, 6.07) is 17.9. The maximum atomic E-state index is 6.30. The standard InChI is InChI=1S/C21H20BrClN2O2/c1-26-17-7-3-15(4-8-17)13-25(21-11-20(23)19(22)12-24-21)14-16-5-9-18(27-2)10-6-16/h3-12H,13-14H2,1-2H3. The first kappa shape index (κ1) is 19.5. The van der Waals surface area contributed by atoms with Crippen LogP contribution in [0.15, 0.2) is 65.3 Å². The molecule has 0 aliphatic rings. The van der Waals surface area contributed by atoms with Crippen LogP contribution in [0.1, 0.15) is 11.1 Å². The first-order valence-corrected chi connectivity index (χ1v) is 9.58. The Morgan fingerprint density at radius 3 is 1.78 bits per heavy atom. The van der Waals surface area contributed by atoms with Crippen LogP contribution in [0.4, 0.5) is 5.82 Å². The highest BCUT2D eigenvalue weighted by Crippen LogP contribution is 2.27. The fourth-order valence-corrected chi connectivity index (χ4v) is 3.06. The van der Waals surface area contributed by atoms with E-state index in [4.69, 9.17) is 21.1 Å². The lowest BCUT2D eigenvalue weighted by Gasteiger charge is -2.24. The number of hydrogen-bond acceptors (Lipinski definition) is 4. The van der Waals surface area contributed by atoms with Gasteiger partial charge in [0.2, 0.25) is 0 Å². The molecule has 1 heterocycles. The molecule has 0 N–H and O–H groups in total. The van der Waals surface area contributed by atoms with Gasteiger partial charge in [0.1, 0.15) is 17.3 Å². The van der Waals surface area contributed by atoms with E-state index in [1.165, 1.54) is 0 Å². The predicted octanol–water partition coefficient (Wildman–Crippen LogP) is 5.72. The molecule has 27 heavy (non-hydrogen) atoms. The SMILES string of the molecule is COc1ccc(CN(Cc2ccc(OC)cc2)c2cc(Cl)c(Br)cn2)cc1. The van der Waals surface area contributed by atoms with Gasteiger partial charge in [0.15, 0.2) is 0 Å². The lowest BCUT2D eigenvalue weighted by atomic mass is 10.1. The average Bonchev–Trinajstić information content (AvgIpc) is 2.70. The van der Waals surface area contributed by atoms with Gasteiger partial charge in [0.25, 0.3) is 0 Å². The molecule has 0 spiro atoms. The topological polar surface area (TPSA) is 34.6 Å². The molecule has 0 saturated carbocycles. The van der Waals surface area contributed by atoms with Crippen LogP contribution in [0.25, 0.3) is 0 Å². The summed E-state index contributed by atoms with van der Waals surface area (Å²) in [5.74, 6) is 2.49. The van der Waals surface area contributed by atoms with Crippen LogP contribution >= 0.6 is 27.5 Å². The highest BCUT2D eigenvalue weighted by atomic mass is 79.9. The fourth-order valence-electron chi connectivity index (χ4n) is 2.70. The van der Waals surface area contributed by atoms with Crippen LogP contribution in [0.5, 0.6) is 11.5 Å². The number of halogens is 2. The van der Waals surface area contributed by atoms with Crippen LogP contribution in [0, 0.1) is 0 Å².